The van der Waals surface area contributed by atoms with Gasteiger partial charge in [0, 0.05) is 50.3 Å². The summed E-state index contributed by atoms with van der Waals surface area (Å²) in [5, 5.41) is 0. The van der Waals surface area contributed by atoms with Gasteiger partial charge in [-0.25, -0.2) is 0 Å². The number of nitrogens with zero attached hydrogens (tertiary/aromatic N) is 4. The van der Waals surface area contributed by atoms with E-state index in [4.69, 9.17) is 0 Å². The van der Waals surface area contributed by atoms with Crippen molar-refractivity contribution >= 4 is 12.0 Å². The quantitative estimate of drug-likeness (QED) is 0.619. The highest BCUT2D eigenvalue weighted by atomic mass is 16.2. The molecule has 1 aliphatic heterocycles. The maximum atomic E-state index is 13.2. The molecule has 0 radical (unpaired) electrons. The van der Waals surface area contributed by atoms with E-state index >= 15 is 0 Å². The fourth-order valence-corrected chi connectivity index (χ4v) is 5.02. The molecule has 2 fully saturated rings. The summed E-state index contributed by atoms with van der Waals surface area (Å²) in [7, 11) is 0. The molecule has 2 aromatic heterocycles. The topological polar surface area (TPSA) is 49.3 Å². The molecule has 1 aliphatic carbocycles. The van der Waals surface area contributed by atoms with Crippen molar-refractivity contribution in [2.75, 3.05) is 19.6 Å². The monoisotopic (exact) mass is 418 g/mol. The number of piperidine rings is 1. The first-order valence-corrected chi connectivity index (χ1v) is 11.8. The highest BCUT2D eigenvalue weighted by Crippen LogP contribution is 2.27. The van der Waals surface area contributed by atoms with E-state index in [2.05, 4.69) is 14.9 Å². The summed E-state index contributed by atoms with van der Waals surface area (Å²) in [6, 6.07) is 10.5. The molecular formula is C26H34N4O. The smallest absolute Gasteiger partial charge is 0.246 e. The number of hydrogen-bond acceptors (Lipinski definition) is 4. The lowest BCUT2D eigenvalue weighted by Gasteiger charge is -2.41. The van der Waals surface area contributed by atoms with Gasteiger partial charge in [-0.2, -0.15) is 0 Å². The van der Waals surface area contributed by atoms with Crippen LogP contribution < -0.4 is 0 Å². The molecule has 1 atom stereocenters. The zero-order valence-electron chi connectivity index (χ0n) is 18.4. The van der Waals surface area contributed by atoms with Crippen LogP contribution in [0.15, 0.2) is 55.0 Å². The second kappa shape index (κ2) is 11.2. The Labute approximate surface area is 186 Å². The largest absolute Gasteiger partial charge is 0.334 e. The molecule has 5 heteroatoms. The minimum Gasteiger partial charge on any atom is -0.334 e. The maximum Gasteiger partial charge on any atom is 0.246 e. The average molecular weight is 419 g/mol. The molecule has 5 nitrogen and oxygen atoms in total. The molecule has 1 saturated carbocycles. The van der Waals surface area contributed by atoms with Crippen molar-refractivity contribution in [2.24, 2.45) is 5.92 Å². The van der Waals surface area contributed by atoms with Gasteiger partial charge in [0.15, 0.2) is 0 Å². The van der Waals surface area contributed by atoms with Gasteiger partial charge < -0.3 is 9.80 Å². The van der Waals surface area contributed by atoms with Crippen LogP contribution in [-0.2, 0) is 11.3 Å². The summed E-state index contributed by atoms with van der Waals surface area (Å²) in [4.78, 5) is 26.4. The number of aromatic nitrogens is 2. The third-order valence-corrected chi connectivity index (χ3v) is 6.61. The first-order valence-electron chi connectivity index (χ1n) is 11.8. The van der Waals surface area contributed by atoms with Crippen LogP contribution in [0.25, 0.3) is 6.08 Å². The number of rotatable bonds is 7. The number of pyridine rings is 2. The van der Waals surface area contributed by atoms with Gasteiger partial charge >= 0.3 is 0 Å². The van der Waals surface area contributed by atoms with Crippen molar-refractivity contribution < 1.29 is 4.79 Å². The summed E-state index contributed by atoms with van der Waals surface area (Å²) < 4.78 is 0. The van der Waals surface area contributed by atoms with Crippen LogP contribution in [0.2, 0.25) is 0 Å². The van der Waals surface area contributed by atoms with Crippen LogP contribution in [0, 0.1) is 5.92 Å². The van der Waals surface area contributed by atoms with Crippen molar-refractivity contribution in [3.63, 3.8) is 0 Å². The predicted molar refractivity (Wildman–Crippen MR) is 124 cm³/mol. The average Bonchev–Trinajstić information content (AvgIpc) is 2.84. The minimum absolute atomic E-state index is 0.0456. The van der Waals surface area contributed by atoms with Crippen molar-refractivity contribution in [2.45, 2.75) is 57.5 Å². The zero-order chi connectivity index (χ0) is 21.3. The van der Waals surface area contributed by atoms with Gasteiger partial charge in [-0.05, 0) is 68.0 Å². The van der Waals surface area contributed by atoms with Gasteiger partial charge in [-0.15, -0.1) is 0 Å². The summed E-state index contributed by atoms with van der Waals surface area (Å²) in [5.74, 6) is 0.573. The van der Waals surface area contributed by atoms with E-state index in [1.165, 1.54) is 51.5 Å². The molecule has 0 bridgehead atoms. The Morgan fingerprint density at radius 3 is 2.74 bits per heavy atom. The lowest BCUT2D eigenvalue weighted by molar-refractivity contribution is -0.127. The fourth-order valence-electron chi connectivity index (χ4n) is 5.02. The Morgan fingerprint density at radius 2 is 1.97 bits per heavy atom. The Morgan fingerprint density at radius 1 is 1.06 bits per heavy atom. The molecule has 0 N–H and O–H groups in total. The van der Waals surface area contributed by atoms with Gasteiger partial charge in [-0.1, -0.05) is 31.4 Å². The Hall–Kier alpha value is -2.53. The van der Waals surface area contributed by atoms with Crippen molar-refractivity contribution in [3.05, 3.63) is 66.3 Å². The maximum absolute atomic E-state index is 13.2. The highest BCUT2D eigenvalue weighted by Gasteiger charge is 2.28. The van der Waals surface area contributed by atoms with E-state index in [0.29, 0.717) is 12.5 Å². The van der Waals surface area contributed by atoms with E-state index in [9.17, 15) is 4.79 Å². The molecule has 1 saturated heterocycles. The van der Waals surface area contributed by atoms with Crippen molar-refractivity contribution in [1.82, 2.24) is 19.8 Å². The fraction of sp³-hybridized carbons (Fsp3) is 0.500. The normalized spacial score (nSPS) is 20.7. The predicted octanol–water partition coefficient (Wildman–Crippen LogP) is 4.56. The van der Waals surface area contributed by atoms with Crippen LogP contribution in [0.3, 0.4) is 0 Å². The standard InChI is InChI=1S/C26H34N4O/c31-26(14-13-24-10-4-5-16-28-24)30(19-22-8-6-15-27-18-22)21-23-9-7-17-29(20-23)25-11-2-1-3-12-25/h4-6,8,10,13-16,18,23,25H,1-3,7,9,11-12,17,19-21H2. The van der Waals surface area contributed by atoms with E-state index in [1.807, 2.05) is 47.5 Å². The number of carbonyl (C=O) groups excluding carboxylic acids is 1. The molecule has 1 unspecified atom stereocenters. The van der Waals surface area contributed by atoms with Crippen molar-refractivity contribution in [1.29, 1.82) is 0 Å². The lowest BCUT2D eigenvalue weighted by atomic mass is 9.90. The molecule has 2 aromatic rings. The second-order valence-corrected chi connectivity index (χ2v) is 8.96. The Kier molecular flexibility index (Phi) is 7.83. The third kappa shape index (κ3) is 6.47. The van der Waals surface area contributed by atoms with Gasteiger partial charge in [0.1, 0.15) is 0 Å². The highest BCUT2D eigenvalue weighted by molar-refractivity contribution is 5.91. The summed E-state index contributed by atoms with van der Waals surface area (Å²) in [6.45, 7) is 3.73. The molecule has 0 aromatic carbocycles. The molecule has 164 valence electrons. The number of amides is 1. The van der Waals surface area contributed by atoms with Crippen LogP contribution in [-0.4, -0.2) is 51.4 Å². The first kappa shape index (κ1) is 21.7. The number of carbonyl (C=O) groups is 1. The van der Waals surface area contributed by atoms with Crippen LogP contribution in [0.4, 0.5) is 0 Å². The van der Waals surface area contributed by atoms with Crippen LogP contribution >= 0.6 is 0 Å². The van der Waals surface area contributed by atoms with E-state index in [1.54, 1.807) is 18.5 Å². The molecule has 2 aliphatic rings. The summed E-state index contributed by atoms with van der Waals surface area (Å²) >= 11 is 0. The number of likely N-dealkylation sites (tertiary alicyclic amines) is 1. The van der Waals surface area contributed by atoms with E-state index in [-0.39, 0.29) is 5.91 Å². The molecule has 0 spiro atoms. The third-order valence-electron chi connectivity index (χ3n) is 6.61. The first-order chi connectivity index (χ1) is 15.3. The Bertz CT molecular complexity index is 833. The molecule has 4 rings (SSSR count). The molecule has 1 amide bonds. The van der Waals surface area contributed by atoms with E-state index < -0.39 is 0 Å². The van der Waals surface area contributed by atoms with E-state index in [0.717, 1.165) is 30.4 Å². The molecular weight excluding hydrogens is 384 g/mol. The lowest BCUT2D eigenvalue weighted by Crippen LogP contribution is -2.46. The van der Waals surface area contributed by atoms with Crippen LogP contribution in [0.1, 0.15) is 56.2 Å². The number of hydrogen-bond donors (Lipinski definition) is 0. The zero-order valence-corrected chi connectivity index (χ0v) is 18.4. The minimum atomic E-state index is 0.0456. The summed E-state index contributed by atoms with van der Waals surface area (Å²) in [5.41, 5.74) is 1.88. The van der Waals surface area contributed by atoms with Gasteiger partial charge in [0.05, 0.1) is 5.69 Å². The second-order valence-electron chi connectivity index (χ2n) is 8.96. The Balaban J connectivity index is 1.43. The van der Waals surface area contributed by atoms with Gasteiger partial charge in [-0.3, -0.25) is 14.8 Å². The molecule has 3 heterocycles. The van der Waals surface area contributed by atoms with Gasteiger partial charge in [0.25, 0.3) is 0 Å². The summed E-state index contributed by atoms with van der Waals surface area (Å²) in [6.07, 6.45) is 18.1. The SMILES string of the molecule is O=C(C=Cc1ccccn1)N(Cc1cccnc1)CC1CCCN(C2CCCCC2)C1. The molecule has 31 heavy (non-hydrogen) atoms. The van der Waals surface area contributed by atoms with Gasteiger partial charge in [0.2, 0.25) is 5.91 Å². The van der Waals surface area contributed by atoms with Crippen molar-refractivity contribution in [3.8, 4) is 0 Å². The van der Waals surface area contributed by atoms with Crippen LogP contribution in [0.5, 0.6) is 0 Å².